The number of carboxylic acids is 1. The summed E-state index contributed by atoms with van der Waals surface area (Å²) in [4.78, 5) is 40.7. The maximum absolute atomic E-state index is 12.8. The van der Waals surface area contributed by atoms with Crippen LogP contribution >= 0.6 is 0 Å². The number of ether oxygens (including phenoxy) is 2. The van der Waals surface area contributed by atoms with Crippen LogP contribution in [0.4, 0.5) is 0 Å². The maximum atomic E-state index is 12.8. The van der Waals surface area contributed by atoms with Gasteiger partial charge in [0.15, 0.2) is 11.5 Å². The summed E-state index contributed by atoms with van der Waals surface area (Å²) in [6.45, 7) is 4.64. The maximum Gasteiger partial charge on any atom is 0.326 e. The Balaban J connectivity index is 1.50. The minimum atomic E-state index is -1.16. The van der Waals surface area contributed by atoms with Crippen LogP contribution in [0.15, 0.2) is 48.5 Å². The van der Waals surface area contributed by atoms with Crippen molar-refractivity contribution < 1.29 is 29.0 Å². The topological polar surface area (TPSA) is 108 Å². The van der Waals surface area contributed by atoms with Gasteiger partial charge in [-0.05, 0) is 43.2 Å². The van der Waals surface area contributed by atoms with Gasteiger partial charge in [-0.15, -0.1) is 0 Å². The molecule has 0 aromatic heterocycles. The number of carboxylic acid groups (broad SMARTS) is 1. The molecular weight excluding hydrogens is 450 g/mol. The fourth-order valence-electron chi connectivity index (χ4n) is 4.20. The van der Waals surface area contributed by atoms with Crippen molar-refractivity contribution in [3.63, 3.8) is 0 Å². The lowest BCUT2D eigenvalue weighted by Gasteiger charge is -2.38. The Morgan fingerprint density at radius 3 is 2.23 bits per heavy atom. The summed E-state index contributed by atoms with van der Waals surface area (Å²) in [5.74, 6) is -0.376. The first-order chi connectivity index (χ1) is 16.8. The molecule has 0 saturated carbocycles. The molecule has 2 amide bonds. The zero-order valence-electron chi connectivity index (χ0n) is 20.4. The molecule has 0 bridgehead atoms. The number of nitrogens with zero attached hydrogens (tertiary/aromatic N) is 2. The van der Waals surface area contributed by atoms with Crippen LogP contribution in [-0.2, 0) is 9.59 Å². The zero-order valence-corrected chi connectivity index (χ0v) is 20.4. The van der Waals surface area contributed by atoms with E-state index in [9.17, 15) is 19.5 Å². The smallest absolute Gasteiger partial charge is 0.326 e. The van der Waals surface area contributed by atoms with Gasteiger partial charge in [0.25, 0.3) is 5.91 Å². The number of hydrogen-bond acceptors (Lipinski definition) is 6. The van der Waals surface area contributed by atoms with E-state index < -0.39 is 17.9 Å². The van der Waals surface area contributed by atoms with Gasteiger partial charge in [-0.2, -0.15) is 0 Å². The van der Waals surface area contributed by atoms with E-state index in [4.69, 9.17) is 9.47 Å². The Morgan fingerprint density at radius 2 is 1.63 bits per heavy atom. The molecule has 0 spiro atoms. The summed E-state index contributed by atoms with van der Waals surface area (Å²) in [6, 6.07) is 13.3. The van der Waals surface area contributed by atoms with E-state index in [1.54, 1.807) is 49.5 Å². The molecule has 188 valence electrons. The lowest BCUT2D eigenvalue weighted by atomic mass is 10.0. The molecule has 1 heterocycles. The molecular formula is C26H33N3O6. The third-order valence-corrected chi connectivity index (χ3v) is 6.39. The first-order valence-electron chi connectivity index (χ1n) is 11.7. The van der Waals surface area contributed by atoms with Gasteiger partial charge in [0, 0.05) is 44.2 Å². The minimum absolute atomic E-state index is 0.0367. The van der Waals surface area contributed by atoms with E-state index in [0.717, 1.165) is 5.56 Å². The third-order valence-electron chi connectivity index (χ3n) is 6.39. The van der Waals surface area contributed by atoms with Crippen molar-refractivity contribution in [1.82, 2.24) is 15.1 Å². The van der Waals surface area contributed by atoms with Crippen LogP contribution in [-0.4, -0.2) is 79.1 Å². The standard InChI is InChI=1S/C26H33N3O6/c1-18(20-9-11-22(34-2)23(17-20)35-3)28-13-15-29(16-14-28)24(30)12-10-21(26(32)33)27-25(31)19-7-5-4-6-8-19/h4-9,11,17-18,21H,10,12-16H2,1-3H3,(H,27,31)(H,32,33)/t18?,21-/m0/s1. The first-order valence-corrected chi connectivity index (χ1v) is 11.7. The third kappa shape index (κ3) is 6.73. The Bertz CT molecular complexity index is 1020. The zero-order chi connectivity index (χ0) is 25.4. The van der Waals surface area contributed by atoms with Crippen LogP contribution in [0.5, 0.6) is 11.5 Å². The van der Waals surface area contributed by atoms with E-state index in [2.05, 4.69) is 17.1 Å². The van der Waals surface area contributed by atoms with Crippen molar-refractivity contribution >= 4 is 17.8 Å². The number of piperazine rings is 1. The quantitative estimate of drug-likeness (QED) is 0.535. The van der Waals surface area contributed by atoms with Gasteiger partial charge < -0.3 is 24.8 Å². The highest BCUT2D eigenvalue weighted by atomic mass is 16.5. The number of hydrogen-bond donors (Lipinski definition) is 2. The van der Waals surface area contributed by atoms with E-state index in [1.165, 1.54) is 0 Å². The van der Waals surface area contributed by atoms with Crippen molar-refractivity contribution in [2.75, 3.05) is 40.4 Å². The number of benzene rings is 2. The van der Waals surface area contributed by atoms with Crippen molar-refractivity contribution in [2.24, 2.45) is 0 Å². The van der Waals surface area contributed by atoms with Crippen LogP contribution in [0.1, 0.15) is 41.7 Å². The average Bonchev–Trinajstić information content (AvgIpc) is 2.90. The average molecular weight is 484 g/mol. The van der Waals surface area contributed by atoms with Crippen molar-refractivity contribution in [3.8, 4) is 11.5 Å². The lowest BCUT2D eigenvalue weighted by molar-refractivity contribution is -0.140. The second-order valence-corrected chi connectivity index (χ2v) is 8.48. The number of amides is 2. The highest BCUT2D eigenvalue weighted by Gasteiger charge is 2.27. The van der Waals surface area contributed by atoms with Crippen molar-refractivity contribution in [1.29, 1.82) is 0 Å². The summed E-state index contributed by atoms with van der Waals surface area (Å²) >= 11 is 0. The number of aliphatic carboxylic acids is 1. The molecule has 2 aromatic rings. The SMILES string of the molecule is COc1ccc(C(C)N2CCN(C(=O)CC[C@H](NC(=O)c3ccccc3)C(=O)O)CC2)cc1OC. The van der Waals surface area contributed by atoms with Crippen LogP contribution in [0.3, 0.4) is 0 Å². The minimum Gasteiger partial charge on any atom is -0.493 e. The predicted octanol–water partition coefficient (Wildman–Crippen LogP) is 2.57. The van der Waals surface area contributed by atoms with Gasteiger partial charge in [-0.1, -0.05) is 24.3 Å². The number of nitrogens with one attached hydrogen (secondary N) is 1. The van der Waals surface area contributed by atoms with Crippen molar-refractivity contribution in [3.05, 3.63) is 59.7 Å². The second-order valence-electron chi connectivity index (χ2n) is 8.48. The lowest BCUT2D eigenvalue weighted by Crippen LogP contribution is -2.49. The number of carbonyl (C=O) groups excluding carboxylic acids is 2. The second kappa shape index (κ2) is 12.2. The normalized spacial score (nSPS) is 15.7. The van der Waals surface area contributed by atoms with Crippen LogP contribution in [0.2, 0.25) is 0 Å². The molecule has 2 atom stereocenters. The summed E-state index contributed by atoms with van der Waals surface area (Å²) in [6.07, 6.45) is 0.0896. The molecule has 1 aliphatic heterocycles. The molecule has 0 radical (unpaired) electrons. The van der Waals surface area contributed by atoms with Gasteiger partial charge in [0.2, 0.25) is 5.91 Å². The fourth-order valence-corrected chi connectivity index (χ4v) is 4.20. The molecule has 1 fully saturated rings. The van der Waals surface area contributed by atoms with Crippen LogP contribution < -0.4 is 14.8 Å². The first kappa shape index (κ1) is 26.0. The van der Waals surface area contributed by atoms with E-state index in [0.29, 0.717) is 43.2 Å². The van der Waals surface area contributed by atoms with E-state index in [1.807, 2.05) is 18.2 Å². The Kier molecular flexibility index (Phi) is 9.08. The van der Waals surface area contributed by atoms with Gasteiger partial charge in [-0.25, -0.2) is 4.79 Å². The van der Waals surface area contributed by atoms with Crippen LogP contribution in [0.25, 0.3) is 0 Å². The molecule has 1 saturated heterocycles. The highest BCUT2D eigenvalue weighted by molar-refractivity contribution is 5.96. The fraction of sp³-hybridized carbons (Fsp3) is 0.423. The highest BCUT2D eigenvalue weighted by Crippen LogP contribution is 2.32. The summed E-state index contributed by atoms with van der Waals surface area (Å²) < 4.78 is 10.7. The molecule has 1 unspecified atom stereocenters. The number of carbonyl (C=O) groups is 3. The molecule has 1 aliphatic rings. The molecule has 0 aliphatic carbocycles. The monoisotopic (exact) mass is 483 g/mol. The number of methoxy groups -OCH3 is 2. The molecule has 9 heteroatoms. The molecule has 3 rings (SSSR count). The Hall–Kier alpha value is -3.59. The molecule has 35 heavy (non-hydrogen) atoms. The number of rotatable bonds is 10. The van der Waals surface area contributed by atoms with Crippen LogP contribution in [0, 0.1) is 0 Å². The summed E-state index contributed by atoms with van der Waals surface area (Å²) in [5.41, 5.74) is 1.48. The molecule has 9 nitrogen and oxygen atoms in total. The summed E-state index contributed by atoms with van der Waals surface area (Å²) in [5, 5.41) is 12.0. The largest absolute Gasteiger partial charge is 0.493 e. The van der Waals surface area contributed by atoms with Gasteiger partial charge in [-0.3, -0.25) is 14.5 Å². The molecule has 2 N–H and O–H groups in total. The van der Waals surface area contributed by atoms with Gasteiger partial charge in [0.05, 0.1) is 14.2 Å². The van der Waals surface area contributed by atoms with E-state index >= 15 is 0 Å². The summed E-state index contributed by atoms with van der Waals surface area (Å²) in [7, 11) is 3.21. The Labute approximate surface area is 205 Å². The Morgan fingerprint density at radius 1 is 0.971 bits per heavy atom. The predicted molar refractivity (Wildman–Crippen MR) is 131 cm³/mol. The molecule has 2 aromatic carbocycles. The van der Waals surface area contributed by atoms with Gasteiger partial charge in [0.1, 0.15) is 6.04 Å². The van der Waals surface area contributed by atoms with Gasteiger partial charge >= 0.3 is 5.97 Å². The van der Waals surface area contributed by atoms with Crippen molar-refractivity contribution in [2.45, 2.75) is 31.8 Å². The van der Waals surface area contributed by atoms with E-state index in [-0.39, 0.29) is 24.8 Å².